The maximum Gasteiger partial charge on any atom is 0.417 e. The number of halogens is 5. The van der Waals surface area contributed by atoms with E-state index in [9.17, 15) is 31.5 Å². The van der Waals surface area contributed by atoms with Gasteiger partial charge < -0.3 is 15.0 Å². The average molecular weight is 376 g/mol. The number of pyridine rings is 1. The fourth-order valence-electron chi connectivity index (χ4n) is 2.05. The minimum Gasteiger partial charge on any atom is -0.435 e. The van der Waals surface area contributed by atoms with E-state index in [0.717, 1.165) is 0 Å². The van der Waals surface area contributed by atoms with Crippen molar-refractivity contribution >= 4 is 11.6 Å². The Labute approximate surface area is 143 Å². The van der Waals surface area contributed by atoms with Crippen molar-refractivity contribution in [1.29, 1.82) is 0 Å². The fraction of sp³-hybridized carbons (Fsp3) is 0.250. The first-order valence-corrected chi connectivity index (χ1v) is 7.28. The lowest BCUT2D eigenvalue weighted by atomic mass is 10.1. The molecule has 0 aliphatic rings. The third-order valence-corrected chi connectivity index (χ3v) is 3.29. The molecule has 1 amide bonds. The zero-order valence-electron chi connectivity index (χ0n) is 13.1. The molecule has 2 N–H and O–H groups in total. The van der Waals surface area contributed by atoms with Gasteiger partial charge in [-0.3, -0.25) is 9.59 Å². The molecule has 0 spiro atoms. The molecule has 10 heteroatoms. The Morgan fingerprint density at radius 3 is 2.42 bits per heavy atom. The molecule has 1 aromatic heterocycles. The number of ether oxygens (including phenoxy) is 1. The van der Waals surface area contributed by atoms with Crippen molar-refractivity contribution < 1.29 is 31.5 Å². The Bertz CT molecular complexity index is 816. The van der Waals surface area contributed by atoms with Crippen LogP contribution < -0.4 is 15.6 Å². The van der Waals surface area contributed by atoms with E-state index < -0.39 is 35.5 Å². The normalized spacial score (nSPS) is 11.5. The molecular weight excluding hydrogens is 363 g/mol. The largest absolute Gasteiger partial charge is 0.435 e. The summed E-state index contributed by atoms with van der Waals surface area (Å²) in [6, 6.07) is 6.10. The van der Waals surface area contributed by atoms with Crippen molar-refractivity contribution in [2.75, 3.05) is 5.32 Å². The van der Waals surface area contributed by atoms with Crippen LogP contribution in [0.2, 0.25) is 0 Å². The Morgan fingerprint density at radius 2 is 1.85 bits per heavy atom. The molecule has 140 valence electrons. The zero-order chi connectivity index (χ0) is 19.3. The molecule has 0 saturated carbocycles. The number of carbonyl (C=O) groups excluding carboxylic acids is 1. The van der Waals surface area contributed by atoms with Gasteiger partial charge in [-0.05, 0) is 30.2 Å². The Morgan fingerprint density at radius 1 is 1.19 bits per heavy atom. The van der Waals surface area contributed by atoms with Crippen molar-refractivity contribution in [1.82, 2.24) is 4.98 Å². The van der Waals surface area contributed by atoms with Crippen LogP contribution in [0.1, 0.15) is 17.5 Å². The molecule has 0 unspecified atom stereocenters. The number of benzene rings is 1. The molecule has 2 rings (SSSR count). The van der Waals surface area contributed by atoms with Crippen molar-refractivity contribution in [3.05, 3.63) is 58.0 Å². The van der Waals surface area contributed by atoms with Gasteiger partial charge >= 0.3 is 12.8 Å². The Kier molecular flexibility index (Phi) is 5.96. The fourth-order valence-corrected chi connectivity index (χ4v) is 2.05. The van der Waals surface area contributed by atoms with Crippen LogP contribution in [0.4, 0.5) is 27.6 Å². The van der Waals surface area contributed by atoms with Gasteiger partial charge in [-0.2, -0.15) is 22.0 Å². The molecule has 0 aliphatic heterocycles. The summed E-state index contributed by atoms with van der Waals surface area (Å²) < 4.78 is 66.1. The van der Waals surface area contributed by atoms with E-state index >= 15 is 0 Å². The zero-order valence-corrected chi connectivity index (χ0v) is 13.1. The number of hydrogen-bond acceptors (Lipinski definition) is 3. The van der Waals surface area contributed by atoms with Crippen molar-refractivity contribution in [3.63, 3.8) is 0 Å². The Hall–Kier alpha value is -2.91. The van der Waals surface area contributed by atoms with Crippen LogP contribution in [0, 0.1) is 0 Å². The van der Waals surface area contributed by atoms with Gasteiger partial charge in [-0.1, -0.05) is 12.1 Å². The topological polar surface area (TPSA) is 71.2 Å². The highest BCUT2D eigenvalue weighted by atomic mass is 19.4. The van der Waals surface area contributed by atoms with Crippen LogP contribution in [0.5, 0.6) is 5.75 Å². The molecule has 1 aromatic carbocycles. The maximum atomic E-state index is 12.6. The summed E-state index contributed by atoms with van der Waals surface area (Å²) in [5.74, 6) is -0.702. The summed E-state index contributed by atoms with van der Waals surface area (Å²) in [7, 11) is 0. The highest BCUT2D eigenvalue weighted by Gasteiger charge is 2.31. The molecule has 0 saturated heterocycles. The second-order valence-corrected chi connectivity index (χ2v) is 5.20. The number of nitrogens with one attached hydrogen (secondary N) is 2. The number of carbonyl (C=O) groups is 1. The first kappa shape index (κ1) is 19.4. The highest BCUT2D eigenvalue weighted by Crippen LogP contribution is 2.29. The van der Waals surface area contributed by atoms with E-state index in [0.29, 0.717) is 17.8 Å². The number of alkyl halides is 5. The molecular formula is C16H13F5N2O3. The number of H-pyrrole nitrogens is 1. The van der Waals surface area contributed by atoms with Gasteiger partial charge in [0, 0.05) is 12.6 Å². The summed E-state index contributed by atoms with van der Waals surface area (Å²) in [5, 5.41) is 2.12. The molecule has 2 aromatic rings. The predicted octanol–water partition coefficient (Wildman–Crippen LogP) is 3.57. The molecule has 0 atom stereocenters. The van der Waals surface area contributed by atoms with Gasteiger partial charge in [0.1, 0.15) is 11.4 Å². The molecule has 1 heterocycles. The van der Waals surface area contributed by atoms with Gasteiger partial charge in [0.2, 0.25) is 5.91 Å². The number of aromatic nitrogens is 1. The molecule has 0 bridgehead atoms. The third-order valence-electron chi connectivity index (χ3n) is 3.29. The van der Waals surface area contributed by atoms with Crippen LogP contribution in [-0.4, -0.2) is 17.5 Å². The number of anilines is 1. The van der Waals surface area contributed by atoms with Gasteiger partial charge in [0.05, 0.1) is 5.56 Å². The summed E-state index contributed by atoms with van der Waals surface area (Å²) in [5.41, 5.74) is -1.84. The van der Waals surface area contributed by atoms with Crippen LogP contribution in [0.15, 0.2) is 41.3 Å². The SMILES string of the molecule is O=C(CCc1ccc(OC(F)F)cc1)Nc1cc(C(F)(F)F)c[nH]c1=O. The molecule has 0 fully saturated rings. The van der Waals surface area contributed by atoms with Gasteiger partial charge in [-0.15, -0.1) is 0 Å². The van der Waals surface area contributed by atoms with Crippen molar-refractivity contribution in [2.24, 2.45) is 0 Å². The van der Waals surface area contributed by atoms with Crippen molar-refractivity contribution in [2.45, 2.75) is 25.6 Å². The lowest BCUT2D eigenvalue weighted by molar-refractivity contribution is -0.137. The van der Waals surface area contributed by atoms with Gasteiger partial charge in [0.15, 0.2) is 0 Å². The maximum absolute atomic E-state index is 12.6. The van der Waals surface area contributed by atoms with Gasteiger partial charge in [0.25, 0.3) is 5.56 Å². The van der Waals surface area contributed by atoms with Crippen LogP contribution in [0.3, 0.4) is 0 Å². The lowest BCUT2D eigenvalue weighted by Crippen LogP contribution is -2.21. The molecule has 26 heavy (non-hydrogen) atoms. The minimum absolute atomic E-state index is 0.0382. The lowest BCUT2D eigenvalue weighted by Gasteiger charge is -2.09. The van der Waals surface area contributed by atoms with E-state index in [1.54, 1.807) is 0 Å². The van der Waals surface area contributed by atoms with Crippen molar-refractivity contribution in [3.8, 4) is 5.75 Å². The van der Waals surface area contributed by atoms with E-state index in [2.05, 4.69) is 10.1 Å². The smallest absolute Gasteiger partial charge is 0.417 e. The summed E-state index contributed by atoms with van der Waals surface area (Å²) in [6.07, 6.45) is -4.07. The van der Waals surface area contributed by atoms with E-state index in [1.807, 2.05) is 4.98 Å². The molecule has 0 radical (unpaired) electrons. The summed E-state index contributed by atoms with van der Waals surface area (Å²) in [4.78, 5) is 25.3. The Balaban J connectivity index is 1.96. The summed E-state index contributed by atoms with van der Waals surface area (Å²) in [6.45, 7) is -2.95. The number of rotatable bonds is 6. The first-order chi connectivity index (χ1) is 12.1. The standard InChI is InChI=1S/C16H13F5N2O3/c17-15(18)26-11-4-1-9(2-5-11)3-6-13(24)23-12-7-10(16(19,20)21)8-22-14(12)25/h1-2,4-5,7-8,15H,3,6H2,(H,22,25)(H,23,24). The number of aryl methyl sites for hydroxylation is 1. The second-order valence-electron chi connectivity index (χ2n) is 5.20. The van der Waals surface area contributed by atoms with E-state index in [4.69, 9.17) is 0 Å². The first-order valence-electron chi connectivity index (χ1n) is 7.28. The predicted molar refractivity (Wildman–Crippen MR) is 82.1 cm³/mol. The monoisotopic (exact) mass is 376 g/mol. The quantitative estimate of drug-likeness (QED) is 0.758. The van der Waals surface area contributed by atoms with E-state index in [-0.39, 0.29) is 18.6 Å². The number of hydrogen-bond donors (Lipinski definition) is 2. The third kappa shape index (κ3) is 5.57. The number of amides is 1. The van der Waals surface area contributed by atoms with Crippen LogP contribution in [-0.2, 0) is 17.4 Å². The van der Waals surface area contributed by atoms with Crippen LogP contribution in [0.25, 0.3) is 0 Å². The average Bonchev–Trinajstić information content (AvgIpc) is 2.54. The number of aromatic amines is 1. The molecule has 5 nitrogen and oxygen atoms in total. The van der Waals surface area contributed by atoms with Gasteiger partial charge in [-0.25, -0.2) is 0 Å². The summed E-state index contributed by atoms with van der Waals surface area (Å²) >= 11 is 0. The molecule has 0 aliphatic carbocycles. The van der Waals surface area contributed by atoms with Crippen LogP contribution >= 0.6 is 0 Å². The second kappa shape index (κ2) is 7.98. The highest BCUT2D eigenvalue weighted by molar-refractivity contribution is 5.90. The van der Waals surface area contributed by atoms with E-state index in [1.165, 1.54) is 24.3 Å². The minimum atomic E-state index is -4.66.